The third kappa shape index (κ3) is 2.86. The molecule has 0 aromatic heterocycles. The zero-order chi connectivity index (χ0) is 8.97. The molecule has 66 valence electrons. The molecule has 1 aromatic carbocycles. The molecule has 1 rings (SSSR count). The van der Waals surface area contributed by atoms with Crippen molar-refractivity contribution in [1.82, 2.24) is 0 Å². The van der Waals surface area contributed by atoms with E-state index in [0.29, 0.717) is 9.65 Å². The Balaban J connectivity index is 2.71. The first-order chi connectivity index (χ1) is 5.75. The van der Waals surface area contributed by atoms with Gasteiger partial charge in [-0.1, -0.05) is 78.1 Å². The predicted molar refractivity (Wildman–Crippen MR) is 64.6 cm³/mol. The van der Waals surface area contributed by atoms with Crippen molar-refractivity contribution in [2.75, 3.05) is 5.33 Å². The van der Waals surface area contributed by atoms with Crippen LogP contribution >= 0.6 is 47.8 Å². The molecule has 0 saturated carbocycles. The first kappa shape index (κ1) is 10.7. The van der Waals surface area contributed by atoms with E-state index in [9.17, 15) is 0 Å². The Morgan fingerprint density at radius 1 is 1.08 bits per heavy atom. The maximum atomic E-state index is 3.63. The molecule has 0 aliphatic rings. The van der Waals surface area contributed by atoms with E-state index in [1.807, 2.05) is 6.07 Å². The standard InChI is InChI=1S/C9H9Br3/c10-6-8(11)9(12)7-4-2-1-3-5-7/h1-5,8-9H,6H2/t8-,9+/m0/s1. The van der Waals surface area contributed by atoms with Gasteiger partial charge in [0, 0.05) is 10.2 Å². The summed E-state index contributed by atoms with van der Waals surface area (Å²) in [6, 6.07) is 10.4. The van der Waals surface area contributed by atoms with E-state index < -0.39 is 0 Å². The molecule has 2 atom stereocenters. The van der Waals surface area contributed by atoms with Gasteiger partial charge >= 0.3 is 0 Å². The smallest absolute Gasteiger partial charge is 0.0528 e. The van der Waals surface area contributed by atoms with Gasteiger partial charge in [0.1, 0.15) is 0 Å². The highest BCUT2D eigenvalue weighted by atomic mass is 79.9. The Morgan fingerprint density at radius 3 is 2.17 bits per heavy atom. The molecule has 0 radical (unpaired) electrons. The Morgan fingerprint density at radius 2 is 1.67 bits per heavy atom. The summed E-state index contributed by atoms with van der Waals surface area (Å²) < 4.78 is 0. The SMILES string of the molecule is BrC[C@H](Br)[C@H](Br)c1ccccc1. The molecule has 0 saturated heterocycles. The van der Waals surface area contributed by atoms with Crippen LogP contribution in [0.3, 0.4) is 0 Å². The number of alkyl halides is 3. The molecule has 0 aliphatic heterocycles. The van der Waals surface area contributed by atoms with E-state index in [1.54, 1.807) is 0 Å². The minimum atomic E-state index is 0.373. The van der Waals surface area contributed by atoms with Crippen molar-refractivity contribution in [2.45, 2.75) is 9.65 Å². The lowest BCUT2D eigenvalue weighted by molar-refractivity contribution is 0.965. The van der Waals surface area contributed by atoms with Crippen molar-refractivity contribution in [3.63, 3.8) is 0 Å². The summed E-state index contributed by atoms with van der Waals surface area (Å²) in [6.07, 6.45) is 0. The van der Waals surface area contributed by atoms with Gasteiger partial charge in [0.25, 0.3) is 0 Å². The van der Waals surface area contributed by atoms with E-state index in [0.717, 1.165) is 5.33 Å². The molecule has 0 unspecified atom stereocenters. The molecule has 0 aliphatic carbocycles. The van der Waals surface area contributed by atoms with Crippen LogP contribution in [0.15, 0.2) is 30.3 Å². The molecule has 0 N–H and O–H groups in total. The number of rotatable bonds is 3. The molecular formula is C9H9Br3. The minimum Gasteiger partial charge on any atom is -0.0915 e. The van der Waals surface area contributed by atoms with Crippen molar-refractivity contribution in [3.8, 4) is 0 Å². The van der Waals surface area contributed by atoms with Gasteiger partial charge in [0.2, 0.25) is 0 Å². The molecule has 0 heterocycles. The average Bonchev–Trinajstić information content (AvgIpc) is 2.17. The van der Waals surface area contributed by atoms with Crippen LogP contribution in [-0.4, -0.2) is 10.2 Å². The molecule has 1 aromatic rings. The first-order valence-corrected chi connectivity index (χ1v) is 6.60. The van der Waals surface area contributed by atoms with Crippen LogP contribution in [-0.2, 0) is 0 Å². The molecular weight excluding hydrogens is 348 g/mol. The van der Waals surface area contributed by atoms with Crippen LogP contribution in [0.5, 0.6) is 0 Å². The van der Waals surface area contributed by atoms with Gasteiger partial charge in [-0.3, -0.25) is 0 Å². The van der Waals surface area contributed by atoms with Crippen LogP contribution in [0, 0.1) is 0 Å². The van der Waals surface area contributed by atoms with Crippen LogP contribution < -0.4 is 0 Å². The summed E-state index contributed by atoms with van der Waals surface area (Å²) >= 11 is 10.7. The Bertz CT molecular complexity index is 222. The first-order valence-electron chi connectivity index (χ1n) is 3.64. The van der Waals surface area contributed by atoms with Crippen molar-refractivity contribution in [2.24, 2.45) is 0 Å². The summed E-state index contributed by atoms with van der Waals surface area (Å²) in [5, 5.41) is 0.942. The zero-order valence-electron chi connectivity index (χ0n) is 6.38. The number of benzene rings is 1. The van der Waals surface area contributed by atoms with E-state index in [-0.39, 0.29) is 0 Å². The van der Waals surface area contributed by atoms with Gasteiger partial charge in [-0.2, -0.15) is 0 Å². The Hall–Kier alpha value is 0.660. The van der Waals surface area contributed by atoms with E-state index >= 15 is 0 Å². The van der Waals surface area contributed by atoms with Gasteiger partial charge < -0.3 is 0 Å². The summed E-state index contributed by atoms with van der Waals surface area (Å²) in [5.74, 6) is 0. The lowest BCUT2D eigenvalue weighted by Gasteiger charge is -2.14. The van der Waals surface area contributed by atoms with E-state index in [2.05, 4.69) is 72.1 Å². The minimum absolute atomic E-state index is 0.373. The monoisotopic (exact) mass is 354 g/mol. The maximum absolute atomic E-state index is 3.63. The molecule has 0 bridgehead atoms. The van der Waals surface area contributed by atoms with Gasteiger partial charge in [-0.25, -0.2) is 0 Å². The third-order valence-electron chi connectivity index (χ3n) is 1.58. The number of halogens is 3. The van der Waals surface area contributed by atoms with Crippen molar-refractivity contribution < 1.29 is 0 Å². The summed E-state index contributed by atoms with van der Waals surface area (Å²) in [4.78, 5) is 0.804. The lowest BCUT2D eigenvalue weighted by atomic mass is 10.1. The fraction of sp³-hybridized carbons (Fsp3) is 0.333. The summed E-state index contributed by atoms with van der Waals surface area (Å²) in [7, 11) is 0. The molecule has 12 heavy (non-hydrogen) atoms. The highest BCUT2D eigenvalue weighted by Crippen LogP contribution is 2.31. The second kappa shape index (κ2) is 5.40. The van der Waals surface area contributed by atoms with Crippen LogP contribution in [0.25, 0.3) is 0 Å². The molecule has 0 nitrogen and oxygen atoms in total. The second-order valence-corrected chi connectivity index (χ2v) is 5.29. The quantitative estimate of drug-likeness (QED) is 0.709. The maximum Gasteiger partial charge on any atom is 0.0528 e. The van der Waals surface area contributed by atoms with E-state index in [4.69, 9.17) is 0 Å². The lowest BCUT2D eigenvalue weighted by Crippen LogP contribution is -2.07. The van der Waals surface area contributed by atoms with Gasteiger partial charge in [0.15, 0.2) is 0 Å². The van der Waals surface area contributed by atoms with Crippen LogP contribution in [0.4, 0.5) is 0 Å². The fourth-order valence-corrected chi connectivity index (χ4v) is 2.60. The summed E-state index contributed by atoms with van der Waals surface area (Å²) in [6.45, 7) is 0. The van der Waals surface area contributed by atoms with Gasteiger partial charge in [-0.05, 0) is 5.56 Å². The fourth-order valence-electron chi connectivity index (χ4n) is 0.924. The van der Waals surface area contributed by atoms with Crippen molar-refractivity contribution in [1.29, 1.82) is 0 Å². The molecule has 0 spiro atoms. The second-order valence-electron chi connectivity index (χ2n) is 2.48. The molecule has 0 amide bonds. The summed E-state index contributed by atoms with van der Waals surface area (Å²) in [5.41, 5.74) is 1.30. The van der Waals surface area contributed by atoms with E-state index in [1.165, 1.54) is 5.56 Å². The predicted octanol–water partition coefficient (Wildman–Crippen LogP) is 4.28. The number of hydrogen-bond acceptors (Lipinski definition) is 0. The van der Waals surface area contributed by atoms with Crippen LogP contribution in [0.2, 0.25) is 0 Å². The van der Waals surface area contributed by atoms with Crippen LogP contribution in [0.1, 0.15) is 10.4 Å². The van der Waals surface area contributed by atoms with Gasteiger partial charge in [-0.15, -0.1) is 0 Å². The highest BCUT2D eigenvalue weighted by Gasteiger charge is 2.15. The normalized spacial score (nSPS) is 15.6. The average molecular weight is 357 g/mol. The highest BCUT2D eigenvalue weighted by molar-refractivity contribution is 9.13. The van der Waals surface area contributed by atoms with Crippen molar-refractivity contribution in [3.05, 3.63) is 35.9 Å². The molecule has 0 fully saturated rings. The largest absolute Gasteiger partial charge is 0.0915 e. The third-order valence-corrected chi connectivity index (χ3v) is 5.88. The Labute approximate surface area is 98.1 Å². The topological polar surface area (TPSA) is 0 Å². The zero-order valence-corrected chi connectivity index (χ0v) is 11.1. The number of hydrogen-bond donors (Lipinski definition) is 0. The van der Waals surface area contributed by atoms with Crippen molar-refractivity contribution >= 4 is 47.8 Å². The molecule has 3 heteroatoms. The Kier molecular flexibility index (Phi) is 4.84. The van der Waals surface area contributed by atoms with Gasteiger partial charge in [0.05, 0.1) is 4.83 Å².